The van der Waals surface area contributed by atoms with E-state index in [0.29, 0.717) is 18.7 Å². The molecule has 224 valence electrons. The number of nitrogens with one attached hydrogen (secondary N) is 2. The monoisotopic (exact) mass is 545 g/mol. The van der Waals surface area contributed by atoms with E-state index in [2.05, 4.69) is 84.8 Å². The molecule has 0 spiro atoms. The summed E-state index contributed by atoms with van der Waals surface area (Å²) in [7, 11) is 0. The third-order valence-electron chi connectivity index (χ3n) is 7.68. The van der Waals surface area contributed by atoms with E-state index in [1.165, 1.54) is 6.42 Å². The minimum Gasteiger partial charge on any atom is -0.493 e. The first-order chi connectivity index (χ1) is 18.0. The van der Waals surface area contributed by atoms with Crippen LogP contribution in [0.15, 0.2) is 24.3 Å². The average molecular weight is 546 g/mol. The second-order valence-corrected chi connectivity index (χ2v) is 15.5. The fourth-order valence-corrected chi connectivity index (χ4v) is 5.50. The van der Waals surface area contributed by atoms with E-state index in [9.17, 15) is 0 Å². The molecule has 3 rings (SSSR count). The SMILES string of the molecule is CC(C)(CCC(C)(C)OCCN1CC[C@H](NC(C)(C)C)C1)COc1cccc(O[C@H]2C[C@@H](NC(C)(C)C)C2)c1. The van der Waals surface area contributed by atoms with Crippen LogP contribution in [-0.2, 0) is 4.74 Å². The van der Waals surface area contributed by atoms with Gasteiger partial charge in [0.15, 0.2) is 0 Å². The Morgan fingerprint density at radius 2 is 1.49 bits per heavy atom. The number of benzene rings is 1. The highest BCUT2D eigenvalue weighted by atomic mass is 16.5. The van der Waals surface area contributed by atoms with Crippen molar-refractivity contribution < 1.29 is 14.2 Å². The highest BCUT2D eigenvalue weighted by Crippen LogP contribution is 2.32. The summed E-state index contributed by atoms with van der Waals surface area (Å²) in [5.41, 5.74) is 0.240. The third-order valence-corrected chi connectivity index (χ3v) is 7.68. The van der Waals surface area contributed by atoms with Gasteiger partial charge in [-0.05, 0) is 112 Å². The summed E-state index contributed by atoms with van der Waals surface area (Å²) in [6.07, 6.45) is 5.67. The van der Waals surface area contributed by atoms with Crippen LogP contribution in [0.5, 0.6) is 11.5 Å². The van der Waals surface area contributed by atoms with Gasteiger partial charge in [-0.25, -0.2) is 0 Å². The van der Waals surface area contributed by atoms with E-state index in [4.69, 9.17) is 14.2 Å². The van der Waals surface area contributed by atoms with Gasteiger partial charge in [0.05, 0.1) is 18.8 Å². The summed E-state index contributed by atoms with van der Waals surface area (Å²) >= 11 is 0. The maximum atomic E-state index is 6.36. The summed E-state index contributed by atoms with van der Waals surface area (Å²) in [5.74, 6) is 1.78. The van der Waals surface area contributed by atoms with Crippen LogP contribution in [0.2, 0.25) is 0 Å². The van der Waals surface area contributed by atoms with Crippen LogP contribution >= 0.6 is 0 Å². The smallest absolute Gasteiger partial charge is 0.123 e. The number of hydrogen-bond donors (Lipinski definition) is 2. The van der Waals surface area contributed by atoms with Gasteiger partial charge >= 0.3 is 0 Å². The fourth-order valence-electron chi connectivity index (χ4n) is 5.50. The van der Waals surface area contributed by atoms with Crippen molar-refractivity contribution in [1.29, 1.82) is 0 Å². The lowest BCUT2D eigenvalue weighted by Crippen LogP contribution is -2.53. The molecule has 2 N–H and O–H groups in total. The summed E-state index contributed by atoms with van der Waals surface area (Å²) in [4.78, 5) is 2.53. The van der Waals surface area contributed by atoms with Gasteiger partial charge in [0.2, 0.25) is 0 Å². The van der Waals surface area contributed by atoms with Crippen LogP contribution in [0.1, 0.15) is 101 Å². The molecule has 39 heavy (non-hydrogen) atoms. The van der Waals surface area contributed by atoms with E-state index in [1.807, 2.05) is 24.3 Å². The first kappa shape index (κ1) is 32.2. The maximum absolute atomic E-state index is 6.36. The second kappa shape index (κ2) is 13.1. The van der Waals surface area contributed by atoms with Crippen LogP contribution in [0.4, 0.5) is 0 Å². The minimum absolute atomic E-state index is 0.0537. The second-order valence-electron chi connectivity index (χ2n) is 15.5. The molecular formula is C33H59N3O3. The van der Waals surface area contributed by atoms with E-state index in [0.717, 1.165) is 63.4 Å². The van der Waals surface area contributed by atoms with Crippen molar-refractivity contribution in [3.63, 3.8) is 0 Å². The summed E-state index contributed by atoms with van der Waals surface area (Å²) in [6.45, 7) is 27.1. The van der Waals surface area contributed by atoms with Crippen molar-refractivity contribution in [2.75, 3.05) is 32.8 Å². The Kier molecular flexibility index (Phi) is 10.8. The molecule has 1 heterocycles. The molecule has 0 bridgehead atoms. The Labute approximate surface area is 239 Å². The van der Waals surface area contributed by atoms with Gasteiger partial charge in [-0.3, -0.25) is 4.90 Å². The van der Waals surface area contributed by atoms with Crippen molar-refractivity contribution in [1.82, 2.24) is 15.5 Å². The number of hydrogen-bond acceptors (Lipinski definition) is 6. The van der Waals surface area contributed by atoms with Gasteiger partial charge in [-0.2, -0.15) is 0 Å². The quantitative estimate of drug-likeness (QED) is 0.281. The number of likely N-dealkylation sites (tertiary alicyclic amines) is 1. The van der Waals surface area contributed by atoms with Gasteiger partial charge in [0, 0.05) is 42.3 Å². The summed E-state index contributed by atoms with van der Waals surface area (Å²) < 4.78 is 18.8. The number of ether oxygens (including phenoxy) is 3. The Morgan fingerprint density at radius 3 is 2.15 bits per heavy atom. The molecule has 1 aliphatic heterocycles. The highest BCUT2D eigenvalue weighted by molar-refractivity contribution is 5.33. The fraction of sp³-hybridized carbons (Fsp3) is 0.818. The maximum Gasteiger partial charge on any atom is 0.123 e. The largest absolute Gasteiger partial charge is 0.493 e. The number of nitrogens with zero attached hydrogens (tertiary/aromatic N) is 1. The molecule has 0 radical (unpaired) electrons. The molecule has 1 saturated carbocycles. The molecule has 1 saturated heterocycles. The zero-order valence-corrected chi connectivity index (χ0v) is 26.8. The van der Waals surface area contributed by atoms with Gasteiger partial charge < -0.3 is 24.8 Å². The lowest BCUT2D eigenvalue weighted by Gasteiger charge is -2.40. The Balaban J connectivity index is 1.34. The predicted octanol–water partition coefficient (Wildman–Crippen LogP) is 6.43. The van der Waals surface area contributed by atoms with E-state index < -0.39 is 0 Å². The lowest BCUT2D eigenvalue weighted by molar-refractivity contribution is -0.0387. The van der Waals surface area contributed by atoms with E-state index >= 15 is 0 Å². The third kappa shape index (κ3) is 12.4. The average Bonchev–Trinajstić information content (AvgIpc) is 3.20. The van der Waals surface area contributed by atoms with Crippen molar-refractivity contribution in [2.24, 2.45) is 5.41 Å². The lowest BCUT2D eigenvalue weighted by atomic mass is 9.85. The standard InChI is InChI=1S/C33H59N3O3/c1-30(2,3)34-25-14-17-36(23-25)18-19-38-33(9,10)16-15-32(7,8)24-37-27-12-11-13-28(22-27)39-29-20-26(21-29)35-31(4,5)6/h11-13,22,25-26,29,34-35H,14-21,23-24H2,1-10H3/t25-,26-,29+/m0/s1. The van der Waals surface area contributed by atoms with Gasteiger partial charge in [-0.15, -0.1) is 0 Å². The molecule has 1 atom stereocenters. The molecule has 6 nitrogen and oxygen atoms in total. The van der Waals surface area contributed by atoms with Gasteiger partial charge in [0.25, 0.3) is 0 Å². The molecule has 2 fully saturated rings. The zero-order chi connectivity index (χ0) is 28.9. The summed E-state index contributed by atoms with van der Waals surface area (Å²) in [6, 6.07) is 9.26. The molecule has 2 aliphatic rings. The summed E-state index contributed by atoms with van der Waals surface area (Å²) in [5, 5.41) is 7.39. The topological polar surface area (TPSA) is 55.0 Å². The Bertz CT molecular complexity index is 881. The molecule has 1 aromatic rings. The molecular weight excluding hydrogens is 486 g/mol. The first-order valence-electron chi connectivity index (χ1n) is 15.3. The molecule has 0 amide bonds. The molecule has 0 aromatic heterocycles. The Hall–Kier alpha value is -1.34. The van der Waals surface area contributed by atoms with Crippen molar-refractivity contribution >= 4 is 0 Å². The van der Waals surface area contributed by atoms with Crippen LogP contribution in [0.25, 0.3) is 0 Å². The van der Waals surface area contributed by atoms with Crippen LogP contribution < -0.4 is 20.1 Å². The normalized spacial score (nSPS) is 23.1. The minimum atomic E-state index is -0.143. The molecule has 6 heteroatoms. The van der Waals surface area contributed by atoms with Crippen molar-refractivity contribution in [3.8, 4) is 11.5 Å². The Morgan fingerprint density at radius 1 is 0.846 bits per heavy atom. The van der Waals surface area contributed by atoms with Gasteiger partial charge in [-0.1, -0.05) is 19.9 Å². The van der Waals surface area contributed by atoms with Crippen LogP contribution in [0, 0.1) is 5.41 Å². The van der Waals surface area contributed by atoms with Gasteiger partial charge in [0.1, 0.15) is 17.6 Å². The predicted molar refractivity (Wildman–Crippen MR) is 163 cm³/mol. The van der Waals surface area contributed by atoms with Crippen molar-refractivity contribution in [3.05, 3.63) is 24.3 Å². The number of rotatable bonds is 14. The zero-order valence-electron chi connectivity index (χ0n) is 26.8. The molecule has 1 aromatic carbocycles. The van der Waals surface area contributed by atoms with E-state index in [1.54, 1.807) is 0 Å². The highest BCUT2D eigenvalue weighted by Gasteiger charge is 2.33. The van der Waals surface area contributed by atoms with Crippen molar-refractivity contribution in [2.45, 2.75) is 136 Å². The van der Waals surface area contributed by atoms with Crippen LogP contribution in [-0.4, -0.2) is 72.6 Å². The molecule has 0 unspecified atom stereocenters. The molecule has 1 aliphatic carbocycles. The van der Waals surface area contributed by atoms with Crippen LogP contribution in [0.3, 0.4) is 0 Å². The first-order valence-corrected chi connectivity index (χ1v) is 15.3. The van der Waals surface area contributed by atoms with E-state index in [-0.39, 0.29) is 28.2 Å².